The van der Waals surface area contributed by atoms with Gasteiger partial charge >= 0.3 is 0 Å². The monoisotopic (exact) mass is 373 g/mol. The minimum Gasteiger partial charge on any atom is -0.454 e. The van der Waals surface area contributed by atoms with Gasteiger partial charge in [-0.15, -0.1) is 0 Å². The molecular formula is C22H35N3O2. The molecule has 1 fully saturated rings. The lowest BCUT2D eigenvalue weighted by molar-refractivity contribution is 0.173. The van der Waals surface area contributed by atoms with Gasteiger partial charge in [0.25, 0.3) is 0 Å². The Morgan fingerprint density at radius 3 is 2.89 bits per heavy atom. The van der Waals surface area contributed by atoms with Crippen LogP contribution >= 0.6 is 0 Å². The van der Waals surface area contributed by atoms with E-state index in [-0.39, 0.29) is 0 Å². The highest BCUT2D eigenvalue weighted by Gasteiger charge is 2.18. The summed E-state index contributed by atoms with van der Waals surface area (Å²) in [6, 6.07) is 6.00. The Balaban J connectivity index is 0.00000126. The SMILES string of the molecule is C/C=C(\C=C(/N)N1CCCC(C)C1)CNCc1cccc2c1OCO2.CC. The molecule has 0 amide bonds. The highest BCUT2D eigenvalue weighted by atomic mass is 16.7. The van der Waals surface area contributed by atoms with Gasteiger partial charge in [0.05, 0.1) is 5.82 Å². The summed E-state index contributed by atoms with van der Waals surface area (Å²) >= 11 is 0. The van der Waals surface area contributed by atoms with E-state index in [2.05, 4.69) is 42.3 Å². The maximum Gasteiger partial charge on any atom is 0.231 e. The van der Waals surface area contributed by atoms with Gasteiger partial charge in [-0.3, -0.25) is 0 Å². The summed E-state index contributed by atoms with van der Waals surface area (Å²) in [6.45, 7) is 12.3. The summed E-state index contributed by atoms with van der Waals surface area (Å²) in [4.78, 5) is 2.30. The zero-order valence-corrected chi connectivity index (χ0v) is 17.3. The van der Waals surface area contributed by atoms with Crippen molar-refractivity contribution in [3.05, 3.63) is 47.3 Å². The van der Waals surface area contributed by atoms with Crippen molar-refractivity contribution in [2.75, 3.05) is 26.4 Å². The van der Waals surface area contributed by atoms with E-state index in [1.165, 1.54) is 18.4 Å². The molecule has 1 unspecified atom stereocenters. The molecule has 150 valence electrons. The Bertz CT molecular complexity index is 655. The molecule has 1 aromatic carbocycles. The first-order valence-corrected chi connectivity index (χ1v) is 10.1. The molecule has 0 radical (unpaired) electrons. The van der Waals surface area contributed by atoms with Crippen molar-refractivity contribution in [2.45, 2.75) is 47.1 Å². The van der Waals surface area contributed by atoms with E-state index in [9.17, 15) is 0 Å². The number of hydrogen-bond acceptors (Lipinski definition) is 5. The number of ether oxygens (including phenoxy) is 2. The van der Waals surface area contributed by atoms with Gasteiger partial charge in [0.15, 0.2) is 11.5 Å². The van der Waals surface area contributed by atoms with Crippen LogP contribution in [-0.4, -0.2) is 31.3 Å². The molecule has 5 heteroatoms. The van der Waals surface area contributed by atoms with Crippen LogP contribution in [0.2, 0.25) is 0 Å². The Labute approximate surface area is 164 Å². The predicted molar refractivity (Wildman–Crippen MR) is 112 cm³/mol. The van der Waals surface area contributed by atoms with Crippen molar-refractivity contribution in [1.82, 2.24) is 10.2 Å². The number of likely N-dealkylation sites (tertiary alicyclic amines) is 1. The molecule has 2 heterocycles. The van der Waals surface area contributed by atoms with Crippen molar-refractivity contribution in [3.8, 4) is 11.5 Å². The highest BCUT2D eigenvalue weighted by molar-refractivity contribution is 5.48. The second kappa shape index (κ2) is 10.9. The van der Waals surface area contributed by atoms with Gasteiger partial charge in [-0.1, -0.05) is 39.0 Å². The van der Waals surface area contributed by atoms with Crippen molar-refractivity contribution in [2.24, 2.45) is 11.7 Å². The molecule has 0 aliphatic carbocycles. The van der Waals surface area contributed by atoms with Crippen molar-refractivity contribution in [1.29, 1.82) is 0 Å². The molecule has 27 heavy (non-hydrogen) atoms. The number of nitrogens with one attached hydrogen (secondary N) is 1. The smallest absolute Gasteiger partial charge is 0.231 e. The molecule has 5 nitrogen and oxygen atoms in total. The van der Waals surface area contributed by atoms with Crippen LogP contribution in [0, 0.1) is 5.92 Å². The van der Waals surface area contributed by atoms with E-state index >= 15 is 0 Å². The maximum atomic E-state index is 6.33. The van der Waals surface area contributed by atoms with Crippen LogP contribution in [0.3, 0.4) is 0 Å². The van der Waals surface area contributed by atoms with E-state index in [4.69, 9.17) is 15.2 Å². The Hall–Kier alpha value is -2.14. The predicted octanol–water partition coefficient (Wildman–Crippen LogP) is 4.01. The van der Waals surface area contributed by atoms with Crippen LogP contribution in [0.1, 0.15) is 46.1 Å². The fraction of sp³-hybridized carbons (Fsp3) is 0.545. The Morgan fingerprint density at radius 1 is 1.33 bits per heavy atom. The molecule has 1 aromatic rings. The number of hydrogen-bond donors (Lipinski definition) is 2. The normalized spacial score (nSPS) is 19.6. The van der Waals surface area contributed by atoms with E-state index in [0.717, 1.165) is 55.0 Å². The lowest BCUT2D eigenvalue weighted by Crippen LogP contribution is -2.36. The number of fused-ring (bicyclic) bond motifs is 1. The fourth-order valence-electron chi connectivity index (χ4n) is 3.41. The minimum absolute atomic E-state index is 0.306. The molecule has 0 spiro atoms. The Morgan fingerprint density at radius 2 is 2.15 bits per heavy atom. The van der Waals surface area contributed by atoms with Gasteiger partial charge in [0.1, 0.15) is 0 Å². The van der Waals surface area contributed by atoms with Crippen molar-refractivity contribution in [3.63, 3.8) is 0 Å². The molecule has 0 saturated carbocycles. The average molecular weight is 374 g/mol. The summed E-state index contributed by atoms with van der Waals surface area (Å²) in [5, 5.41) is 3.48. The summed E-state index contributed by atoms with van der Waals surface area (Å²) in [5.74, 6) is 3.28. The number of piperidine rings is 1. The maximum absolute atomic E-state index is 6.33. The van der Waals surface area contributed by atoms with Crippen molar-refractivity contribution < 1.29 is 9.47 Å². The summed E-state index contributed by atoms with van der Waals surface area (Å²) < 4.78 is 11.0. The zero-order chi connectivity index (χ0) is 19.6. The topological polar surface area (TPSA) is 59.8 Å². The lowest BCUT2D eigenvalue weighted by Gasteiger charge is -2.32. The van der Waals surface area contributed by atoms with Crippen LogP contribution in [-0.2, 0) is 6.54 Å². The molecule has 2 aliphatic rings. The van der Waals surface area contributed by atoms with Gasteiger partial charge in [0, 0.05) is 31.7 Å². The third-order valence-corrected chi connectivity index (χ3v) is 4.85. The molecule has 0 aromatic heterocycles. The Kier molecular flexibility index (Phi) is 8.52. The van der Waals surface area contributed by atoms with E-state index in [0.29, 0.717) is 6.79 Å². The molecule has 1 atom stereocenters. The highest BCUT2D eigenvalue weighted by Crippen LogP contribution is 2.35. The number of benzene rings is 1. The molecule has 2 aliphatic heterocycles. The number of rotatable bonds is 6. The fourth-order valence-corrected chi connectivity index (χ4v) is 3.41. The van der Waals surface area contributed by atoms with Crippen LogP contribution < -0.4 is 20.5 Å². The molecular weight excluding hydrogens is 338 g/mol. The number of para-hydroxylation sites is 1. The first-order valence-electron chi connectivity index (χ1n) is 10.1. The molecule has 1 saturated heterocycles. The third kappa shape index (κ3) is 5.93. The van der Waals surface area contributed by atoms with Gasteiger partial charge in [-0.25, -0.2) is 0 Å². The van der Waals surface area contributed by atoms with E-state index in [1.54, 1.807) is 0 Å². The summed E-state index contributed by atoms with van der Waals surface area (Å²) in [6.07, 6.45) is 6.73. The van der Waals surface area contributed by atoms with E-state index in [1.807, 2.05) is 26.0 Å². The van der Waals surface area contributed by atoms with Gasteiger partial charge < -0.3 is 25.4 Å². The molecule has 3 N–H and O–H groups in total. The summed E-state index contributed by atoms with van der Waals surface area (Å²) in [7, 11) is 0. The largest absolute Gasteiger partial charge is 0.454 e. The van der Waals surface area contributed by atoms with Gasteiger partial charge in [-0.05, 0) is 43.4 Å². The third-order valence-electron chi connectivity index (χ3n) is 4.85. The van der Waals surface area contributed by atoms with E-state index < -0.39 is 0 Å². The van der Waals surface area contributed by atoms with Crippen LogP contribution in [0.4, 0.5) is 0 Å². The number of allylic oxidation sites excluding steroid dienone is 1. The quantitative estimate of drug-likeness (QED) is 0.738. The van der Waals surface area contributed by atoms with Crippen molar-refractivity contribution >= 4 is 0 Å². The first kappa shape index (κ1) is 21.2. The molecule has 0 bridgehead atoms. The number of nitrogens with two attached hydrogens (primary N) is 1. The lowest BCUT2D eigenvalue weighted by atomic mass is 10.0. The van der Waals surface area contributed by atoms with Gasteiger partial charge in [-0.2, -0.15) is 0 Å². The van der Waals surface area contributed by atoms with Crippen LogP contribution in [0.25, 0.3) is 0 Å². The zero-order valence-electron chi connectivity index (χ0n) is 17.3. The average Bonchev–Trinajstić information content (AvgIpc) is 3.18. The minimum atomic E-state index is 0.306. The number of nitrogens with zero attached hydrogens (tertiary/aromatic N) is 1. The standard InChI is InChI=1S/C20H29N3O2.C2H6/c1-3-16(10-19(21)23-9-5-6-15(2)13-23)11-22-12-17-7-4-8-18-20(17)25-14-24-18;1-2/h3-4,7-8,10,15,22H,5-6,9,11-14,21H2,1-2H3;1-2H3/b16-3+,19-10+;. The van der Waals surface area contributed by atoms with Crippen LogP contribution in [0.5, 0.6) is 11.5 Å². The van der Waals surface area contributed by atoms with Gasteiger partial charge in [0.2, 0.25) is 6.79 Å². The second-order valence-corrected chi connectivity index (χ2v) is 6.88. The molecule has 3 rings (SSSR count). The second-order valence-electron chi connectivity index (χ2n) is 6.88. The summed E-state index contributed by atoms with van der Waals surface area (Å²) in [5.41, 5.74) is 8.64. The van der Waals surface area contributed by atoms with Crippen LogP contribution in [0.15, 0.2) is 41.7 Å². The first-order chi connectivity index (χ1) is 13.2.